The lowest BCUT2D eigenvalue weighted by molar-refractivity contribution is -0.312. The van der Waals surface area contributed by atoms with Gasteiger partial charge in [0.05, 0.1) is 26.2 Å². The highest BCUT2D eigenvalue weighted by Gasteiger charge is 2.46. The summed E-state index contributed by atoms with van der Waals surface area (Å²) in [6.07, 6.45) is -0.914. The van der Waals surface area contributed by atoms with Gasteiger partial charge in [-0.15, -0.1) is 0 Å². The van der Waals surface area contributed by atoms with Gasteiger partial charge in [-0.2, -0.15) is 0 Å². The van der Waals surface area contributed by atoms with Gasteiger partial charge in [-0.3, -0.25) is 9.69 Å². The maximum absolute atomic E-state index is 12.2. The minimum absolute atomic E-state index is 0.0648. The average molecular weight is 320 g/mol. The molecule has 1 aromatic rings. The van der Waals surface area contributed by atoms with Crippen LogP contribution in [0, 0.1) is 0 Å². The Hall–Kier alpha value is -2.77. The number of fused-ring (bicyclic) bond motifs is 1. The van der Waals surface area contributed by atoms with E-state index < -0.39 is 30.1 Å². The van der Waals surface area contributed by atoms with E-state index in [0.717, 1.165) is 4.90 Å². The lowest BCUT2D eigenvalue weighted by atomic mass is 10.1. The summed E-state index contributed by atoms with van der Waals surface area (Å²) in [4.78, 5) is 36.6. The summed E-state index contributed by atoms with van der Waals surface area (Å²) in [5, 5.41) is 11.2. The summed E-state index contributed by atoms with van der Waals surface area (Å²) < 4.78 is 15.6. The number of carbonyl (C=O) groups excluding carboxylic acids is 3. The predicted molar refractivity (Wildman–Crippen MR) is 72.6 cm³/mol. The van der Waals surface area contributed by atoms with Crippen molar-refractivity contribution in [3.05, 3.63) is 23.3 Å². The fourth-order valence-electron chi connectivity index (χ4n) is 3.02. The second-order valence-electron chi connectivity index (χ2n) is 5.20. The standard InChI is InChI=1S/C15H15NO7/c1-21-9-5-3-7-11(12(9)22-2)15(20)23-13(7)16-8(14(18)19)4-6-10(16)17/h3,5,8,13H,4,6H2,1-2H3,(H,18,19)/p-1/t8-,13-/m0/s1. The highest BCUT2D eigenvalue weighted by molar-refractivity contribution is 5.99. The molecule has 1 aromatic carbocycles. The van der Waals surface area contributed by atoms with Gasteiger partial charge in [0.2, 0.25) is 12.1 Å². The Bertz CT molecular complexity index is 699. The van der Waals surface area contributed by atoms with E-state index in [4.69, 9.17) is 14.2 Å². The summed E-state index contributed by atoms with van der Waals surface area (Å²) in [7, 11) is 2.81. The van der Waals surface area contributed by atoms with Crippen molar-refractivity contribution in [2.24, 2.45) is 0 Å². The van der Waals surface area contributed by atoms with Crippen LogP contribution in [0.15, 0.2) is 12.1 Å². The third-order valence-electron chi connectivity index (χ3n) is 4.05. The Kier molecular flexibility index (Phi) is 3.59. The van der Waals surface area contributed by atoms with Gasteiger partial charge in [0.15, 0.2) is 11.5 Å². The van der Waals surface area contributed by atoms with E-state index in [2.05, 4.69) is 0 Å². The van der Waals surface area contributed by atoms with Gasteiger partial charge in [-0.1, -0.05) is 0 Å². The van der Waals surface area contributed by atoms with Crippen molar-refractivity contribution >= 4 is 17.8 Å². The number of carboxylic acid groups (broad SMARTS) is 1. The van der Waals surface area contributed by atoms with Crippen molar-refractivity contribution in [1.29, 1.82) is 0 Å². The smallest absolute Gasteiger partial charge is 0.344 e. The summed E-state index contributed by atoms with van der Waals surface area (Å²) in [5.41, 5.74) is 0.503. The Morgan fingerprint density at radius 1 is 1.30 bits per heavy atom. The molecule has 8 nitrogen and oxygen atoms in total. The molecule has 1 saturated heterocycles. The number of hydrogen-bond acceptors (Lipinski definition) is 7. The lowest BCUT2D eigenvalue weighted by Gasteiger charge is -2.30. The van der Waals surface area contributed by atoms with Gasteiger partial charge >= 0.3 is 5.97 Å². The Morgan fingerprint density at radius 3 is 2.65 bits per heavy atom. The molecule has 1 amide bonds. The minimum Gasteiger partial charge on any atom is -0.548 e. The van der Waals surface area contributed by atoms with Crippen LogP contribution in [0.1, 0.15) is 35.0 Å². The van der Waals surface area contributed by atoms with E-state index in [1.165, 1.54) is 14.2 Å². The number of cyclic esters (lactones) is 1. The van der Waals surface area contributed by atoms with Gasteiger partial charge in [0, 0.05) is 12.0 Å². The number of amides is 1. The van der Waals surface area contributed by atoms with Crippen molar-refractivity contribution < 1.29 is 33.7 Å². The molecule has 2 aliphatic rings. The monoisotopic (exact) mass is 320 g/mol. The zero-order valence-electron chi connectivity index (χ0n) is 12.5. The maximum atomic E-state index is 12.2. The highest BCUT2D eigenvalue weighted by Crippen LogP contribution is 2.44. The van der Waals surface area contributed by atoms with Gasteiger partial charge < -0.3 is 24.1 Å². The van der Waals surface area contributed by atoms with Crippen molar-refractivity contribution in [3.63, 3.8) is 0 Å². The highest BCUT2D eigenvalue weighted by atomic mass is 16.6. The van der Waals surface area contributed by atoms with E-state index in [1.807, 2.05) is 0 Å². The van der Waals surface area contributed by atoms with Crippen LogP contribution in [-0.4, -0.2) is 43.0 Å². The van der Waals surface area contributed by atoms with Crippen molar-refractivity contribution in [1.82, 2.24) is 4.90 Å². The molecular weight excluding hydrogens is 306 g/mol. The van der Waals surface area contributed by atoms with Crippen LogP contribution in [-0.2, 0) is 14.3 Å². The first-order valence-electron chi connectivity index (χ1n) is 6.97. The number of carbonyl (C=O) groups is 3. The summed E-state index contributed by atoms with van der Waals surface area (Å²) in [5.74, 6) is -1.94. The number of nitrogens with zero attached hydrogens (tertiary/aromatic N) is 1. The fraction of sp³-hybridized carbons (Fsp3) is 0.400. The van der Waals surface area contributed by atoms with Gasteiger partial charge in [-0.05, 0) is 18.6 Å². The second-order valence-corrected chi connectivity index (χ2v) is 5.20. The largest absolute Gasteiger partial charge is 0.548 e. The van der Waals surface area contributed by atoms with Crippen LogP contribution in [0.5, 0.6) is 11.5 Å². The molecule has 0 aliphatic carbocycles. The minimum atomic E-state index is -1.37. The van der Waals surface area contributed by atoms with E-state index >= 15 is 0 Å². The fourth-order valence-corrected chi connectivity index (χ4v) is 3.02. The number of methoxy groups -OCH3 is 2. The molecule has 0 radical (unpaired) electrons. The van der Waals surface area contributed by atoms with E-state index in [1.54, 1.807) is 12.1 Å². The third-order valence-corrected chi connectivity index (χ3v) is 4.05. The van der Waals surface area contributed by atoms with Crippen LogP contribution in [0.25, 0.3) is 0 Å². The average Bonchev–Trinajstić information content (AvgIpc) is 3.06. The number of likely N-dealkylation sites (tertiary alicyclic amines) is 1. The summed E-state index contributed by atoms with van der Waals surface area (Å²) in [6, 6.07) is 2.00. The Labute approximate surface area is 131 Å². The van der Waals surface area contributed by atoms with Gasteiger partial charge in [0.1, 0.15) is 5.56 Å². The van der Waals surface area contributed by atoms with Crippen molar-refractivity contribution in [2.45, 2.75) is 25.1 Å². The molecule has 0 N–H and O–H groups in total. The van der Waals surface area contributed by atoms with Crippen molar-refractivity contribution in [2.75, 3.05) is 14.2 Å². The van der Waals surface area contributed by atoms with E-state index in [0.29, 0.717) is 11.3 Å². The van der Waals surface area contributed by atoms with Crippen LogP contribution < -0.4 is 14.6 Å². The van der Waals surface area contributed by atoms with Gasteiger partial charge in [0.25, 0.3) is 0 Å². The number of benzene rings is 1. The van der Waals surface area contributed by atoms with Crippen molar-refractivity contribution in [3.8, 4) is 11.5 Å². The topological polar surface area (TPSA) is 105 Å². The Balaban J connectivity index is 2.08. The molecule has 23 heavy (non-hydrogen) atoms. The molecule has 0 spiro atoms. The number of esters is 1. The zero-order chi connectivity index (χ0) is 16.7. The second kappa shape index (κ2) is 5.45. The van der Waals surface area contributed by atoms with E-state index in [-0.39, 0.29) is 24.2 Å². The number of ether oxygens (including phenoxy) is 3. The molecule has 0 saturated carbocycles. The molecule has 0 bridgehead atoms. The molecule has 0 unspecified atom stereocenters. The molecule has 0 aromatic heterocycles. The van der Waals surface area contributed by atoms with Crippen LogP contribution in [0.2, 0.25) is 0 Å². The zero-order valence-corrected chi connectivity index (χ0v) is 12.5. The molecule has 2 atom stereocenters. The molecule has 8 heteroatoms. The summed E-state index contributed by atoms with van der Waals surface area (Å²) >= 11 is 0. The summed E-state index contributed by atoms with van der Waals surface area (Å²) in [6.45, 7) is 0. The van der Waals surface area contributed by atoms with E-state index in [9.17, 15) is 19.5 Å². The van der Waals surface area contributed by atoms with Gasteiger partial charge in [-0.25, -0.2) is 4.79 Å². The molecule has 2 heterocycles. The third kappa shape index (κ3) is 2.18. The van der Waals surface area contributed by atoms with Crippen LogP contribution >= 0.6 is 0 Å². The number of carboxylic acids is 1. The maximum Gasteiger partial charge on any atom is 0.344 e. The van der Waals surface area contributed by atoms with Crippen LogP contribution in [0.4, 0.5) is 0 Å². The van der Waals surface area contributed by atoms with Crippen LogP contribution in [0.3, 0.4) is 0 Å². The molecule has 122 valence electrons. The SMILES string of the molecule is COc1ccc2c(c1OC)C(=O)O[C@@H]2N1C(=O)CC[C@H]1C(=O)[O-]. The Morgan fingerprint density at radius 2 is 2.04 bits per heavy atom. The lowest BCUT2D eigenvalue weighted by Crippen LogP contribution is -2.47. The normalized spacial score (nSPS) is 22.8. The number of hydrogen-bond donors (Lipinski definition) is 0. The first-order chi connectivity index (χ1) is 11.0. The quantitative estimate of drug-likeness (QED) is 0.696. The first-order valence-corrected chi connectivity index (χ1v) is 6.97. The first kappa shape index (κ1) is 15.1. The molecule has 3 rings (SSSR count). The predicted octanol–water partition coefficient (Wildman–Crippen LogP) is -0.386. The molecule has 1 fully saturated rings. The molecular formula is C15H14NO7-. The number of aliphatic carboxylic acids is 1. The molecule has 2 aliphatic heterocycles. The number of rotatable bonds is 4.